The molecule has 0 fully saturated rings. The number of aromatic nitrogens is 1. The van der Waals surface area contributed by atoms with Crippen molar-refractivity contribution in [3.8, 4) is 5.75 Å². The lowest BCUT2D eigenvalue weighted by Gasteiger charge is -2.16. The number of hydrogen-bond acceptors (Lipinski definition) is 4. The fourth-order valence-corrected chi connectivity index (χ4v) is 5.48. The Morgan fingerprint density at radius 1 is 1.00 bits per heavy atom. The predicted molar refractivity (Wildman–Crippen MR) is 129 cm³/mol. The molecule has 1 aromatic heterocycles. The lowest BCUT2D eigenvalue weighted by atomic mass is 10.0. The second-order valence-corrected chi connectivity index (χ2v) is 10.0. The van der Waals surface area contributed by atoms with Crippen LogP contribution in [0.1, 0.15) is 29.8 Å². The third-order valence-electron chi connectivity index (χ3n) is 5.81. The molecule has 1 heterocycles. The summed E-state index contributed by atoms with van der Waals surface area (Å²) < 4.78 is 71.3. The van der Waals surface area contributed by atoms with E-state index in [9.17, 15) is 26.4 Å². The molecule has 0 unspecified atom stereocenters. The van der Waals surface area contributed by atoms with Gasteiger partial charge in [0.05, 0.1) is 23.6 Å². The summed E-state index contributed by atoms with van der Waals surface area (Å²) in [6, 6.07) is 20.8. The van der Waals surface area contributed by atoms with Gasteiger partial charge in [0.15, 0.2) is 0 Å². The third kappa shape index (κ3) is 5.08. The van der Waals surface area contributed by atoms with Crippen LogP contribution in [0, 0.1) is 0 Å². The van der Waals surface area contributed by atoms with E-state index >= 15 is 0 Å². The molecule has 0 radical (unpaired) electrons. The summed E-state index contributed by atoms with van der Waals surface area (Å²) in [5.74, 6) is -1.47. The summed E-state index contributed by atoms with van der Waals surface area (Å²) >= 11 is 0. The minimum Gasteiger partial charge on any atom is -0.497 e. The lowest BCUT2D eigenvalue weighted by Crippen LogP contribution is -2.38. The second kappa shape index (κ2) is 9.69. The van der Waals surface area contributed by atoms with Crippen LogP contribution in [0.2, 0.25) is 0 Å². The molecule has 10 heteroatoms. The van der Waals surface area contributed by atoms with Crippen molar-refractivity contribution in [2.45, 2.75) is 30.5 Å². The Bertz CT molecular complexity index is 1490. The normalized spacial score (nSPS) is 12.9. The van der Waals surface area contributed by atoms with Crippen molar-refractivity contribution in [3.05, 3.63) is 95.7 Å². The van der Waals surface area contributed by atoms with E-state index in [0.29, 0.717) is 22.5 Å². The average Bonchev–Trinajstić information content (AvgIpc) is 3.22. The number of hydrogen-bond donors (Lipinski definition) is 1. The number of benzene rings is 3. The molecule has 3 aromatic carbocycles. The Kier molecular flexibility index (Phi) is 6.81. The van der Waals surface area contributed by atoms with Gasteiger partial charge in [-0.3, -0.25) is 4.79 Å². The number of para-hydroxylation sites is 1. The number of fused-ring (bicyclic) bond motifs is 1. The quantitative estimate of drug-likeness (QED) is 0.366. The molecule has 0 saturated heterocycles. The minimum absolute atomic E-state index is 0.107. The summed E-state index contributed by atoms with van der Waals surface area (Å²) in [4.78, 5) is 11.3. The first kappa shape index (κ1) is 25.3. The SMILES string of the molecule is COc1ccc(S(=O)(=O)n2c(Cc3ccc([C@H](C)NC(=O)C(F)(F)F)cc3)cc3ccccc32)cc1. The largest absolute Gasteiger partial charge is 0.497 e. The third-order valence-corrected chi connectivity index (χ3v) is 7.59. The number of amides is 1. The smallest absolute Gasteiger partial charge is 0.471 e. The van der Waals surface area contributed by atoms with E-state index in [2.05, 4.69) is 0 Å². The van der Waals surface area contributed by atoms with Crippen molar-refractivity contribution >= 4 is 26.8 Å². The van der Waals surface area contributed by atoms with Crippen LogP contribution in [0.15, 0.2) is 83.8 Å². The molecule has 36 heavy (non-hydrogen) atoms. The van der Waals surface area contributed by atoms with E-state index in [1.807, 2.05) is 17.4 Å². The van der Waals surface area contributed by atoms with E-state index in [1.165, 1.54) is 30.1 Å². The van der Waals surface area contributed by atoms with E-state index in [4.69, 9.17) is 4.74 Å². The molecule has 188 valence electrons. The number of nitrogens with one attached hydrogen (secondary N) is 1. The monoisotopic (exact) mass is 516 g/mol. The van der Waals surface area contributed by atoms with Gasteiger partial charge in [-0.2, -0.15) is 13.2 Å². The fraction of sp³-hybridized carbons (Fsp3) is 0.192. The Balaban J connectivity index is 1.66. The Hall–Kier alpha value is -3.79. The zero-order valence-electron chi connectivity index (χ0n) is 19.4. The summed E-state index contributed by atoms with van der Waals surface area (Å²) in [6.07, 6.45) is -4.70. The molecule has 0 aliphatic heterocycles. The van der Waals surface area contributed by atoms with Crippen molar-refractivity contribution in [2.24, 2.45) is 0 Å². The highest BCUT2D eigenvalue weighted by Gasteiger charge is 2.39. The van der Waals surface area contributed by atoms with Gasteiger partial charge in [0.1, 0.15) is 5.75 Å². The number of methoxy groups -OCH3 is 1. The van der Waals surface area contributed by atoms with Crippen LogP contribution in [0.3, 0.4) is 0 Å². The molecular weight excluding hydrogens is 493 g/mol. The van der Waals surface area contributed by atoms with E-state index in [0.717, 1.165) is 10.9 Å². The van der Waals surface area contributed by atoms with Gasteiger partial charge in [-0.1, -0.05) is 42.5 Å². The van der Waals surface area contributed by atoms with Crippen LogP contribution < -0.4 is 10.1 Å². The number of nitrogens with zero attached hydrogens (tertiary/aromatic N) is 1. The van der Waals surface area contributed by atoms with E-state index in [-0.39, 0.29) is 11.3 Å². The van der Waals surface area contributed by atoms with Crippen LogP contribution in [-0.4, -0.2) is 31.6 Å². The van der Waals surface area contributed by atoms with Gasteiger partial charge in [-0.15, -0.1) is 0 Å². The maximum Gasteiger partial charge on any atom is 0.471 e. The first-order valence-corrected chi connectivity index (χ1v) is 12.4. The Labute approximate surface area is 206 Å². The number of ether oxygens (including phenoxy) is 1. The molecule has 6 nitrogen and oxygen atoms in total. The van der Waals surface area contributed by atoms with Crippen molar-refractivity contribution in [1.82, 2.24) is 9.29 Å². The van der Waals surface area contributed by atoms with Gasteiger partial charge in [-0.25, -0.2) is 12.4 Å². The molecular formula is C26H23F3N2O4S. The molecule has 1 N–H and O–H groups in total. The van der Waals surface area contributed by atoms with Gasteiger partial charge in [0, 0.05) is 17.5 Å². The molecule has 0 aliphatic rings. The van der Waals surface area contributed by atoms with Crippen LogP contribution >= 0.6 is 0 Å². The molecule has 0 saturated carbocycles. The molecule has 1 atom stereocenters. The molecule has 0 aliphatic carbocycles. The van der Waals surface area contributed by atoms with Crippen LogP contribution in [-0.2, 0) is 21.2 Å². The van der Waals surface area contributed by atoms with Crippen molar-refractivity contribution in [3.63, 3.8) is 0 Å². The van der Waals surface area contributed by atoms with Gasteiger partial charge in [0.2, 0.25) is 0 Å². The number of halogens is 3. The average molecular weight is 517 g/mol. The molecule has 4 aromatic rings. The standard InChI is InChI=1S/C26H23F3N2O4S/c1-17(30-25(32)26(27,28)29)19-9-7-18(8-10-19)15-21-16-20-5-3-4-6-24(20)31(21)36(33,34)23-13-11-22(35-2)12-14-23/h3-14,16-17H,15H2,1-2H3,(H,30,32)/t17-/m0/s1. The van der Waals surface area contributed by atoms with Crippen LogP contribution in [0.25, 0.3) is 10.9 Å². The van der Waals surface area contributed by atoms with E-state index < -0.39 is 28.1 Å². The van der Waals surface area contributed by atoms with Gasteiger partial charge < -0.3 is 10.1 Å². The topological polar surface area (TPSA) is 77.4 Å². The van der Waals surface area contributed by atoms with Crippen LogP contribution in [0.5, 0.6) is 5.75 Å². The number of alkyl halides is 3. The number of rotatable bonds is 7. The lowest BCUT2D eigenvalue weighted by molar-refractivity contribution is -0.174. The highest BCUT2D eigenvalue weighted by atomic mass is 32.2. The number of carbonyl (C=O) groups excluding carboxylic acids is 1. The maximum atomic E-state index is 13.6. The Morgan fingerprint density at radius 3 is 2.25 bits per heavy atom. The minimum atomic E-state index is -4.96. The summed E-state index contributed by atoms with van der Waals surface area (Å²) in [6.45, 7) is 1.46. The van der Waals surface area contributed by atoms with Crippen molar-refractivity contribution < 1.29 is 31.1 Å². The zero-order chi connectivity index (χ0) is 26.1. The van der Waals surface area contributed by atoms with Crippen molar-refractivity contribution in [1.29, 1.82) is 0 Å². The van der Waals surface area contributed by atoms with Gasteiger partial charge in [-0.05, 0) is 54.4 Å². The molecule has 1 amide bonds. The zero-order valence-corrected chi connectivity index (χ0v) is 20.2. The fourth-order valence-electron chi connectivity index (χ4n) is 3.94. The second-order valence-electron chi connectivity index (χ2n) is 8.25. The Morgan fingerprint density at radius 2 is 1.64 bits per heavy atom. The van der Waals surface area contributed by atoms with Crippen LogP contribution in [0.4, 0.5) is 13.2 Å². The summed E-state index contributed by atoms with van der Waals surface area (Å²) in [5.41, 5.74) is 2.30. The van der Waals surface area contributed by atoms with Gasteiger partial charge in [0.25, 0.3) is 10.0 Å². The highest BCUT2D eigenvalue weighted by molar-refractivity contribution is 7.90. The summed E-state index contributed by atoms with van der Waals surface area (Å²) in [7, 11) is -2.44. The predicted octanol–water partition coefficient (Wildman–Crippen LogP) is 5.22. The molecule has 0 bridgehead atoms. The first-order chi connectivity index (χ1) is 17.0. The molecule has 0 spiro atoms. The summed E-state index contributed by atoms with van der Waals surface area (Å²) in [5, 5.41) is 2.68. The van der Waals surface area contributed by atoms with E-state index in [1.54, 1.807) is 54.6 Å². The maximum absolute atomic E-state index is 13.6. The molecule has 4 rings (SSSR count). The first-order valence-electron chi connectivity index (χ1n) is 11.0. The van der Waals surface area contributed by atoms with Crippen molar-refractivity contribution in [2.75, 3.05) is 7.11 Å². The van der Waals surface area contributed by atoms with Gasteiger partial charge >= 0.3 is 12.1 Å². The highest BCUT2D eigenvalue weighted by Crippen LogP contribution is 2.28. The number of carbonyl (C=O) groups is 1.